The number of amides is 3. The Morgan fingerprint density at radius 2 is 1.92 bits per heavy atom. The second-order valence-corrected chi connectivity index (χ2v) is 8.56. The summed E-state index contributed by atoms with van der Waals surface area (Å²) in [6, 6.07) is 1.76. The fourth-order valence-corrected chi connectivity index (χ4v) is 3.55. The Morgan fingerprint density at radius 1 is 1.27 bits per heavy atom. The van der Waals surface area contributed by atoms with E-state index in [2.05, 4.69) is 5.32 Å². The summed E-state index contributed by atoms with van der Waals surface area (Å²) >= 11 is 1.46. The molecule has 1 aliphatic rings. The van der Waals surface area contributed by atoms with Gasteiger partial charge in [0, 0.05) is 18.0 Å². The van der Waals surface area contributed by atoms with E-state index in [-0.39, 0.29) is 29.8 Å². The largest absolute Gasteiger partial charge is 0.347 e. The van der Waals surface area contributed by atoms with Crippen LogP contribution in [-0.4, -0.2) is 79.4 Å². The normalized spacial score (nSPS) is 15.6. The fraction of sp³-hybridized carbons (Fsp3) is 0.611. The molecule has 2 heterocycles. The van der Waals surface area contributed by atoms with E-state index in [1.54, 1.807) is 23.4 Å². The molecule has 1 aliphatic heterocycles. The molecule has 0 aliphatic carbocycles. The highest BCUT2D eigenvalue weighted by molar-refractivity contribution is 7.08. The van der Waals surface area contributed by atoms with Crippen LogP contribution in [0.2, 0.25) is 0 Å². The number of nitrogens with one attached hydrogen (secondary N) is 2. The van der Waals surface area contributed by atoms with Crippen LogP contribution >= 0.6 is 11.3 Å². The molecule has 0 radical (unpaired) electrons. The number of likely N-dealkylation sites (N-methyl/N-ethyl adjacent to an activating group) is 1. The number of nitrogens with zero attached hydrogens (tertiary/aromatic N) is 2. The maximum absolute atomic E-state index is 12.4. The average Bonchev–Trinajstić information content (AvgIpc) is 3.07. The van der Waals surface area contributed by atoms with E-state index in [0.717, 1.165) is 13.1 Å². The molecule has 1 saturated heterocycles. The van der Waals surface area contributed by atoms with Gasteiger partial charge in [0.25, 0.3) is 11.8 Å². The molecule has 3 amide bonds. The first-order chi connectivity index (χ1) is 12.2. The third-order valence-corrected chi connectivity index (χ3v) is 4.92. The van der Waals surface area contributed by atoms with Gasteiger partial charge in [0.15, 0.2) is 6.54 Å². The molecule has 1 aromatic heterocycles. The Morgan fingerprint density at radius 3 is 2.46 bits per heavy atom. The van der Waals surface area contributed by atoms with Crippen LogP contribution in [0.25, 0.3) is 0 Å². The summed E-state index contributed by atoms with van der Waals surface area (Å²) < 4.78 is 0. The Kier molecular flexibility index (Phi) is 6.77. The van der Waals surface area contributed by atoms with E-state index in [4.69, 9.17) is 0 Å². The van der Waals surface area contributed by atoms with E-state index in [1.807, 2.05) is 26.2 Å². The molecule has 26 heavy (non-hydrogen) atoms. The first-order valence-corrected chi connectivity index (χ1v) is 9.80. The molecule has 0 aromatic carbocycles. The van der Waals surface area contributed by atoms with Crippen LogP contribution in [0.4, 0.5) is 0 Å². The third-order valence-electron chi connectivity index (χ3n) is 4.24. The van der Waals surface area contributed by atoms with Gasteiger partial charge in [-0.1, -0.05) is 0 Å². The van der Waals surface area contributed by atoms with Crippen LogP contribution in [0.1, 0.15) is 31.1 Å². The zero-order valence-electron chi connectivity index (χ0n) is 16.0. The third kappa shape index (κ3) is 6.10. The summed E-state index contributed by atoms with van der Waals surface area (Å²) in [6.45, 7) is 9.09. The van der Waals surface area contributed by atoms with Crippen molar-refractivity contribution >= 4 is 29.1 Å². The summed E-state index contributed by atoms with van der Waals surface area (Å²) in [5.41, 5.74) is 0.387. The average molecular weight is 382 g/mol. The Balaban J connectivity index is 1.76. The summed E-state index contributed by atoms with van der Waals surface area (Å²) in [6.07, 6.45) is 0. The summed E-state index contributed by atoms with van der Waals surface area (Å²) in [7, 11) is 1.65. The quantitative estimate of drug-likeness (QED) is 0.720. The van der Waals surface area contributed by atoms with E-state index < -0.39 is 0 Å². The van der Waals surface area contributed by atoms with Crippen molar-refractivity contribution in [3.63, 3.8) is 0 Å². The van der Waals surface area contributed by atoms with E-state index in [1.165, 1.54) is 21.1 Å². The summed E-state index contributed by atoms with van der Waals surface area (Å²) in [4.78, 5) is 41.1. The molecular weight excluding hydrogens is 352 g/mol. The number of hydrogen-bond donors (Lipinski definition) is 2. The number of carbonyl (C=O) groups excluding carboxylic acids is 3. The van der Waals surface area contributed by atoms with Crippen molar-refractivity contribution in [2.75, 3.05) is 46.3 Å². The maximum atomic E-state index is 12.4. The van der Waals surface area contributed by atoms with Crippen molar-refractivity contribution < 1.29 is 19.3 Å². The number of rotatable bonds is 5. The van der Waals surface area contributed by atoms with E-state index >= 15 is 0 Å². The van der Waals surface area contributed by atoms with Crippen LogP contribution in [-0.2, 0) is 9.59 Å². The molecule has 7 nitrogen and oxygen atoms in total. The predicted molar refractivity (Wildman–Crippen MR) is 101 cm³/mol. The lowest BCUT2D eigenvalue weighted by molar-refractivity contribution is -0.896. The summed E-state index contributed by atoms with van der Waals surface area (Å²) in [5, 5.41) is 6.60. The minimum Gasteiger partial charge on any atom is -0.347 e. The minimum atomic E-state index is -0.228. The van der Waals surface area contributed by atoms with E-state index in [9.17, 15) is 14.4 Å². The number of hydrogen-bond acceptors (Lipinski definition) is 4. The summed E-state index contributed by atoms with van der Waals surface area (Å²) in [5.74, 6) is -0.148. The second-order valence-electron chi connectivity index (χ2n) is 7.78. The molecule has 0 saturated carbocycles. The van der Waals surface area contributed by atoms with Gasteiger partial charge in [-0.15, -0.1) is 0 Å². The number of quaternary nitrogens is 1. The molecule has 2 rings (SSSR count). The van der Waals surface area contributed by atoms with Crippen molar-refractivity contribution in [2.24, 2.45) is 0 Å². The number of piperazine rings is 1. The highest BCUT2D eigenvalue weighted by Gasteiger charge is 2.27. The lowest BCUT2D eigenvalue weighted by Crippen LogP contribution is -3.16. The Hall–Kier alpha value is -1.93. The van der Waals surface area contributed by atoms with E-state index in [0.29, 0.717) is 25.2 Å². The lowest BCUT2D eigenvalue weighted by Gasteiger charge is -2.33. The van der Waals surface area contributed by atoms with Crippen LogP contribution in [0.15, 0.2) is 16.8 Å². The molecule has 2 N–H and O–H groups in total. The molecule has 0 spiro atoms. The second kappa shape index (κ2) is 8.64. The van der Waals surface area contributed by atoms with Gasteiger partial charge >= 0.3 is 0 Å². The molecular formula is C18H29N4O3S+. The SMILES string of the molecule is CN(CC(=O)N1CC[NH+](CC(=O)NC(C)(C)C)CC1)C(=O)c1ccsc1. The monoisotopic (exact) mass is 381 g/mol. The van der Waals surface area contributed by atoms with Crippen molar-refractivity contribution in [3.05, 3.63) is 22.4 Å². The predicted octanol–water partition coefficient (Wildman–Crippen LogP) is -0.538. The molecule has 8 heteroatoms. The highest BCUT2D eigenvalue weighted by Crippen LogP contribution is 2.09. The topological polar surface area (TPSA) is 74.2 Å². The van der Waals surface area contributed by atoms with Gasteiger partial charge in [0.2, 0.25) is 5.91 Å². The van der Waals surface area contributed by atoms with Gasteiger partial charge in [-0.25, -0.2) is 0 Å². The zero-order chi connectivity index (χ0) is 19.3. The zero-order valence-corrected chi connectivity index (χ0v) is 16.8. The maximum Gasteiger partial charge on any atom is 0.275 e. The Bertz CT molecular complexity index is 631. The van der Waals surface area contributed by atoms with Crippen molar-refractivity contribution in [1.29, 1.82) is 0 Å². The van der Waals surface area contributed by atoms with Gasteiger partial charge in [-0.05, 0) is 32.2 Å². The van der Waals surface area contributed by atoms with Crippen LogP contribution < -0.4 is 10.2 Å². The smallest absolute Gasteiger partial charge is 0.275 e. The molecule has 1 aromatic rings. The van der Waals surface area contributed by atoms with Crippen LogP contribution in [0, 0.1) is 0 Å². The molecule has 0 unspecified atom stereocenters. The fourth-order valence-electron chi connectivity index (χ4n) is 2.92. The van der Waals surface area contributed by atoms with Gasteiger partial charge in [0.1, 0.15) is 0 Å². The first-order valence-electron chi connectivity index (χ1n) is 8.86. The first kappa shape index (κ1) is 20.4. The van der Waals surface area contributed by atoms with Crippen molar-refractivity contribution in [2.45, 2.75) is 26.3 Å². The van der Waals surface area contributed by atoms with Gasteiger partial charge in [-0.3, -0.25) is 14.4 Å². The Labute approximate surface area is 158 Å². The molecule has 1 fully saturated rings. The lowest BCUT2D eigenvalue weighted by atomic mass is 10.1. The number of carbonyl (C=O) groups is 3. The van der Waals surface area contributed by atoms with Crippen LogP contribution in [0.3, 0.4) is 0 Å². The van der Waals surface area contributed by atoms with Crippen LogP contribution in [0.5, 0.6) is 0 Å². The molecule has 144 valence electrons. The minimum absolute atomic E-state index is 0.0355. The highest BCUT2D eigenvalue weighted by atomic mass is 32.1. The molecule has 0 atom stereocenters. The molecule has 0 bridgehead atoms. The van der Waals surface area contributed by atoms with Gasteiger partial charge < -0.3 is 20.0 Å². The standard InChI is InChI=1S/C18H28N4O3S/c1-18(2,3)19-15(23)11-21-6-8-22(9-7-21)16(24)12-20(4)17(25)14-5-10-26-13-14/h5,10,13H,6-9,11-12H2,1-4H3,(H,19,23)/p+1. The van der Waals surface area contributed by atoms with Gasteiger partial charge in [0.05, 0.1) is 38.3 Å². The van der Waals surface area contributed by atoms with Crippen molar-refractivity contribution in [1.82, 2.24) is 15.1 Å². The number of thiophene rings is 1. The van der Waals surface area contributed by atoms with Gasteiger partial charge in [-0.2, -0.15) is 11.3 Å². The van der Waals surface area contributed by atoms with Crippen molar-refractivity contribution in [3.8, 4) is 0 Å².